The number of hydrogen-bond donors (Lipinski definition) is 14. The molecule has 8 atom stereocenters. The van der Waals surface area contributed by atoms with E-state index in [1.54, 1.807) is 0 Å². The molecule has 0 bridgehead atoms. The molecule has 0 aliphatic heterocycles. The molecule has 0 aromatic heterocycles. The second kappa shape index (κ2) is 53.6. The largest absolute Gasteiger partial charge is 0.353 e. The molecule has 0 heterocycles. The minimum Gasteiger partial charge on any atom is -0.353 e. The summed E-state index contributed by atoms with van der Waals surface area (Å²) >= 11 is 0. The summed E-state index contributed by atoms with van der Waals surface area (Å²) < 4.78 is 0. The lowest BCUT2D eigenvalue weighted by molar-refractivity contribution is -0.139. The molecule has 30 nitrogen and oxygen atoms in total. The first kappa shape index (κ1) is 120. The van der Waals surface area contributed by atoms with Gasteiger partial charge in [-0.3, -0.25) is 76.7 Å². The lowest BCUT2D eigenvalue weighted by Crippen LogP contribution is -2.52. The molecule has 10 aliphatic rings. The number of ketones is 10. The zero-order valence-electron chi connectivity index (χ0n) is 85.7. The quantitative estimate of drug-likeness (QED) is 0.0253. The molecule has 752 valence electrons. The van der Waals surface area contributed by atoms with E-state index in [1.165, 1.54) is 145 Å². The molecule has 10 saturated carbocycles. The van der Waals surface area contributed by atoms with Crippen molar-refractivity contribution in [3.63, 3.8) is 0 Å². The van der Waals surface area contributed by atoms with Crippen LogP contribution in [-0.2, 0) is 76.7 Å². The number of carbonyl (C=O) groups is 16. The minimum absolute atomic E-state index is 0. The smallest absolute Gasteiger partial charge is 0.289 e. The molecule has 10 aliphatic carbocycles. The Bertz CT molecular complexity index is 3390. The maximum absolute atomic E-state index is 12.2. The third-order valence-electron chi connectivity index (χ3n) is 22.3. The summed E-state index contributed by atoms with van der Waals surface area (Å²) in [5.41, 5.74) is -1.13. The van der Waals surface area contributed by atoms with Crippen LogP contribution in [0.2, 0.25) is 0 Å². The van der Waals surface area contributed by atoms with Crippen LogP contribution in [0.3, 0.4) is 0 Å². The van der Waals surface area contributed by atoms with Gasteiger partial charge >= 0.3 is 0 Å². The first-order valence-electron chi connectivity index (χ1n) is 48.7. The van der Waals surface area contributed by atoms with Crippen molar-refractivity contribution >= 4 is 93.3 Å². The molecular formula is C101H182N14O16. The van der Waals surface area contributed by atoms with E-state index in [1.807, 2.05) is 166 Å². The van der Waals surface area contributed by atoms with Gasteiger partial charge in [0.25, 0.3) is 35.4 Å². The van der Waals surface area contributed by atoms with Crippen LogP contribution in [-0.4, -0.2) is 226 Å². The van der Waals surface area contributed by atoms with E-state index in [2.05, 4.69) is 74.4 Å². The van der Waals surface area contributed by atoms with Gasteiger partial charge in [-0.2, -0.15) is 0 Å². The predicted molar refractivity (Wildman–Crippen MR) is 519 cm³/mol. The normalized spacial score (nSPS) is 19.0. The van der Waals surface area contributed by atoms with Gasteiger partial charge in [0.2, 0.25) is 46.3 Å². The predicted octanol–water partition coefficient (Wildman–Crippen LogP) is 10.3. The van der Waals surface area contributed by atoms with Crippen molar-refractivity contribution in [3.8, 4) is 0 Å². The lowest BCUT2D eigenvalue weighted by Gasteiger charge is -2.27. The second-order valence-electron chi connectivity index (χ2n) is 46.8. The molecule has 10 fully saturated rings. The van der Waals surface area contributed by atoms with Gasteiger partial charge in [0.1, 0.15) is 0 Å². The van der Waals surface area contributed by atoms with E-state index in [0.717, 1.165) is 77.0 Å². The van der Waals surface area contributed by atoms with Crippen LogP contribution in [0.25, 0.3) is 0 Å². The Labute approximate surface area is 788 Å². The SMILES string of the molecule is C.CC(=O)C(=O)C(CC1CC1)NC(C)(C)C.CC(=O)C(=O)[C@H](CC1CC1)NC(C)(C)C.CC(C)(C)NC(CC1CC1)C(=O)C(=O)NC1CC1.CC(C)(C)N[C@@H](CC1CC1)C(=O)C(=O)NC1CC1.CNC(=O)C(=O)C(CC1CC1)NC(C)(C)C.CNC(=O)C(=O)C(CC1CC1)NC(C)(C)C.CNC(=O)C(=O)[C@H](CC1CC1)NC(C)(C)C.CNC(=O)C(=O)[C@H](CC1CC1)NC(C)(C)C. The maximum atomic E-state index is 12.2. The average molecular weight is 1850 g/mol. The molecule has 131 heavy (non-hydrogen) atoms. The standard InChI is InChI=1S/2C14H24N2O2.4C12H22N2O2.2C12H21NO2.CH4/c2*1-14(2,3)16-11(8-9-4-5-9)12(17)13(18)15-10-6-7-10;4*1-12(2,3)14-9(7-8-5-6-8)10(15)11(16)13-4;2*1-8(14)11(15)10(7-9-5-6-9)13-12(2,3)4;/h2*9-11,16H,4-8H2,1-3H3,(H,15,18);4*8-9,14H,5-7H2,1-4H3,(H,13,16);2*9-10,13H,5-7H2,1-4H3;1H4/t11-;;2*9-;;;10-;;/m0.00..0../s1. The second-order valence-corrected chi connectivity index (χ2v) is 46.8. The molecule has 30 heteroatoms. The average Bonchev–Trinajstić information content (AvgIpc) is 1.70. The molecule has 0 aromatic carbocycles. The van der Waals surface area contributed by atoms with Gasteiger partial charge in [0, 0.05) is 98.4 Å². The molecule has 0 radical (unpaired) electrons. The number of hydrogen-bond acceptors (Lipinski definition) is 24. The molecule has 0 saturated heterocycles. The Morgan fingerprint density at radius 3 is 0.405 bits per heavy atom. The fourth-order valence-electron chi connectivity index (χ4n) is 14.4. The Kier molecular flexibility index (Phi) is 49.2. The van der Waals surface area contributed by atoms with E-state index in [-0.39, 0.29) is 170 Å². The molecule has 6 amide bonds. The number of carbonyl (C=O) groups excluding carboxylic acids is 16. The number of likely N-dealkylation sites (N-methyl/N-ethyl adjacent to an activating group) is 4. The van der Waals surface area contributed by atoms with E-state index >= 15 is 0 Å². The lowest BCUT2D eigenvalue weighted by atomic mass is 9.99. The third kappa shape index (κ3) is 59.0. The van der Waals surface area contributed by atoms with Crippen molar-refractivity contribution in [3.05, 3.63) is 0 Å². The van der Waals surface area contributed by atoms with Gasteiger partial charge in [-0.1, -0.05) is 110 Å². The van der Waals surface area contributed by atoms with Gasteiger partial charge in [-0.25, -0.2) is 0 Å². The summed E-state index contributed by atoms with van der Waals surface area (Å²) in [7, 11) is 5.97. The van der Waals surface area contributed by atoms with Crippen LogP contribution in [0, 0.1) is 47.3 Å². The topological polar surface area (TPSA) is 442 Å². The van der Waals surface area contributed by atoms with Crippen molar-refractivity contribution < 1.29 is 76.7 Å². The Morgan fingerprint density at radius 1 is 0.198 bits per heavy atom. The van der Waals surface area contributed by atoms with Crippen molar-refractivity contribution in [1.29, 1.82) is 0 Å². The van der Waals surface area contributed by atoms with Crippen molar-refractivity contribution in [2.75, 3.05) is 28.2 Å². The van der Waals surface area contributed by atoms with Crippen LogP contribution in [0.5, 0.6) is 0 Å². The van der Waals surface area contributed by atoms with E-state index in [9.17, 15) is 76.7 Å². The van der Waals surface area contributed by atoms with E-state index in [0.29, 0.717) is 47.3 Å². The highest BCUT2D eigenvalue weighted by Crippen LogP contribution is 2.40. The first-order chi connectivity index (χ1) is 59.6. The summed E-state index contributed by atoms with van der Waals surface area (Å²) in [6.45, 7) is 51.0. The zero-order chi connectivity index (χ0) is 99.3. The summed E-state index contributed by atoms with van der Waals surface area (Å²) in [4.78, 5) is 186. The van der Waals surface area contributed by atoms with Gasteiger partial charge in [-0.05, 0) is 291 Å². The summed E-state index contributed by atoms with van der Waals surface area (Å²) in [5, 5.41) is 41.1. The summed E-state index contributed by atoms with van der Waals surface area (Å²) in [6.07, 6.45) is 29.5. The summed E-state index contributed by atoms with van der Waals surface area (Å²) in [5.74, 6) is -0.928. The molecule has 4 unspecified atom stereocenters. The van der Waals surface area contributed by atoms with E-state index < -0.39 is 35.4 Å². The minimum atomic E-state index is -0.498. The maximum Gasteiger partial charge on any atom is 0.289 e. The molecular weight excluding hydrogens is 1670 g/mol. The van der Waals surface area contributed by atoms with Crippen LogP contribution >= 0.6 is 0 Å². The van der Waals surface area contributed by atoms with Crippen LogP contribution < -0.4 is 74.4 Å². The highest BCUT2D eigenvalue weighted by atomic mass is 16.2. The van der Waals surface area contributed by atoms with E-state index in [4.69, 9.17) is 0 Å². The number of rotatable bonds is 42. The Hall–Kier alpha value is -6.80. The molecule has 0 aromatic rings. The molecule has 10 rings (SSSR count). The first-order valence-corrected chi connectivity index (χ1v) is 48.7. The molecule has 14 N–H and O–H groups in total. The van der Waals surface area contributed by atoms with Gasteiger partial charge in [0.15, 0.2) is 11.6 Å². The van der Waals surface area contributed by atoms with Crippen LogP contribution in [0.1, 0.15) is 367 Å². The highest BCUT2D eigenvalue weighted by Gasteiger charge is 2.43. The van der Waals surface area contributed by atoms with Crippen LogP contribution in [0.4, 0.5) is 0 Å². The third-order valence-corrected chi connectivity index (χ3v) is 22.3. The van der Waals surface area contributed by atoms with Crippen molar-refractivity contribution in [2.45, 2.75) is 472 Å². The van der Waals surface area contributed by atoms with Crippen LogP contribution in [0.15, 0.2) is 0 Å². The number of nitrogens with one attached hydrogen (secondary N) is 14. The Balaban J connectivity index is 0.000000507. The van der Waals surface area contributed by atoms with Gasteiger partial charge in [0.05, 0.1) is 48.3 Å². The number of Topliss-reactive ketones (excluding diaryl/α,β-unsaturated/α-hetero) is 10. The number of amides is 6. The fourth-order valence-corrected chi connectivity index (χ4v) is 14.4. The summed E-state index contributed by atoms with van der Waals surface area (Å²) in [6, 6.07) is -2.08. The van der Waals surface area contributed by atoms with Gasteiger partial charge < -0.3 is 74.4 Å². The zero-order valence-corrected chi connectivity index (χ0v) is 85.7. The Morgan fingerprint density at radius 2 is 0.313 bits per heavy atom. The van der Waals surface area contributed by atoms with Crippen molar-refractivity contribution in [1.82, 2.24) is 74.4 Å². The molecule has 0 spiro atoms. The van der Waals surface area contributed by atoms with Gasteiger partial charge in [-0.15, -0.1) is 0 Å². The monoisotopic (exact) mass is 1850 g/mol. The fraction of sp³-hybridized carbons (Fsp3) is 0.842. The van der Waals surface area contributed by atoms with Crippen molar-refractivity contribution in [2.24, 2.45) is 47.3 Å². The highest BCUT2D eigenvalue weighted by molar-refractivity contribution is 6.41.